The third kappa shape index (κ3) is 3.49. The second-order valence-corrected chi connectivity index (χ2v) is 7.08. The maximum atomic E-state index is 4.40. The van der Waals surface area contributed by atoms with Crippen LogP contribution in [0.4, 0.5) is 0 Å². The van der Waals surface area contributed by atoms with Crippen molar-refractivity contribution in [3.05, 3.63) is 46.0 Å². The maximum Gasteiger partial charge on any atom is 0.0997 e. The van der Waals surface area contributed by atoms with Crippen molar-refractivity contribution in [3.63, 3.8) is 0 Å². The second-order valence-electron chi connectivity index (χ2n) is 6.16. The van der Waals surface area contributed by atoms with Gasteiger partial charge in [0, 0.05) is 22.3 Å². The van der Waals surface area contributed by atoms with E-state index < -0.39 is 0 Å². The average molecular weight is 336 g/mol. The molecule has 0 aliphatic heterocycles. The molecule has 1 N–H and O–H groups in total. The molecule has 4 heteroatoms. The van der Waals surface area contributed by atoms with Crippen LogP contribution < -0.4 is 5.32 Å². The lowest BCUT2D eigenvalue weighted by atomic mass is 10.1. The van der Waals surface area contributed by atoms with Crippen LogP contribution >= 0.6 is 15.9 Å². The molecule has 0 spiro atoms. The molecule has 0 amide bonds. The van der Waals surface area contributed by atoms with E-state index in [0.717, 1.165) is 16.7 Å². The molecular formula is C16H22BrN3. The first kappa shape index (κ1) is 15.3. The van der Waals surface area contributed by atoms with Crippen LogP contribution in [0.25, 0.3) is 5.69 Å². The normalized spacial score (nSPS) is 11.9. The van der Waals surface area contributed by atoms with Gasteiger partial charge in [-0.25, -0.2) is 4.98 Å². The highest BCUT2D eigenvalue weighted by Crippen LogP contribution is 2.23. The van der Waals surface area contributed by atoms with E-state index in [9.17, 15) is 0 Å². The lowest BCUT2D eigenvalue weighted by molar-refractivity contribution is 0.424. The molecule has 0 saturated carbocycles. The number of aryl methyl sites for hydroxylation is 1. The number of halogens is 1. The van der Waals surface area contributed by atoms with E-state index in [1.165, 1.54) is 16.9 Å². The fourth-order valence-corrected chi connectivity index (χ4v) is 2.44. The molecule has 2 aromatic rings. The quantitative estimate of drug-likeness (QED) is 0.913. The third-order valence-corrected chi connectivity index (χ3v) is 3.86. The summed E-state index contributed by atoms with van der Waals surface area (Å²) in [5.74, 6) is 0. The molecular weight excluding hydrogens is 314 g/mol. The van der Waals surface area contributed by atoms with Crippen molar-refractivity contribution >= 4 is 15.9 Å². The molecule has 108 valence electrons. The van der Waals surface area contributed by atoms with E-state index in [1.807, 2.05) is 13.3 Å². The molecule has 20 heavy (non-hydrogen) atoms. The Morgan fingerprint density at radius 3 is 2.50 bits per heavy atom. The Morgan fingerprint density at radius 1 is 1.25 bits per heavy atom. The van der Waals surface area contributed by atoms with Crippen molar-refractivity contribution in [2.24, 2.45) is 0 Å². The van der Waals surface area contributed by atoms with Crippen molar-refractivity contribution in [1.29, 1.82) is 0 Å². The number of aromatic nitrogens is 2. The molecule has 0 aliphatic carbocycles. The smallest absolute Gasteiger partial charge is 0.0997 e. The molecule has 2 rings (SSSR count). The number of hydrogen-bond donors (Lipinski definition) is 1. The number of hydrogen-bond acceptors (Lipinski definition) is 2. The van der Waals surface area contributed by atoms with Gasteiger partial charge < -0.3 is 9.88 Å². The zero-order valence-electron chi connectivity index (χ0n) is 12.8. The molecule has 0 unspecified atom stereocenters. The van der Waals surface area contributed by atoms with E-state index in [4.69, 9.17) is 0 Å². The monoisotopic (exact) mass is 335 g/mol. The van der Waals surface area contributed by atoms with Gasteiger partial charge in [-0.05, 0) is 58.4 Å². The number of rotatable bonds is 3. The lowest BCUT2D eigenvalue weighted by Gasteiger charge is -2.22. The van der Waals surface area contributed by atoms with E-state index in [0.29, 0.717) is 0 Å². The van der Waals surface area contributed by atoms with Crippen LogP contribution in [0.15, 0.2) is 29.0 Å². The van der Waals surface area contributed by atoms with Gasteiger partial charge in [0.1, 0.15) is 0 Å². The van der Waals surface area contributed by atoms with E-state index in [2.05, 4.69) is 76.7 Å². The third-order valence-electron chi connectivity index (χ3n) is 3.36. The molecule has 0 aliphatic rings. The Balaban J connectivity index is 2.40. The van der Waals surface area contributed by atoms with Gasteiger partial charge in [0.25, 0.3) is 0 Å². The van der Waals surface area contributed by atoms with Gasteiger partial charge in [0.05, 0.1) is 17.7 Å². The van der Waals surface area contributed by atoms with Crippen LogP contribution in [0.2, 0.25) is 0 Å². The molecule has 0 fully saturated rings. The van der Waals surface area contributed by atoms with Crippen LogP contribution in [0.5, 0.6) is 0 Å². The van der Waals surface area contributed by atoms with Crippen LogP contribution in [0.1, 0.15) is 37.7 Å². The fraction of sp³-hybridized carbons (Fsp3) is 0.438. The average Bonchev–Trinajstić information content (AvgIpc) is 2.67. The predicted molar refractivity (Wildman–Crippen MR) is 87.3 cm³/mol. The summed E-state index contributed by atoms with van der Waals surface area (Å²) in [4.78, 5) is 4.40. The van der Waals surface area contributed by atoms with Gasteiger partial charge in [-0.3, -0.25) is 0 Å². The Bertz CT molecular complexity index is 609. The summed E-state index contributed by atoms with van der Waals surface area (Å²) >= 11 is 3.56. The van der Waals surface area contributed by atoms with E-state index >= 15 is 0 Å². The van der Waals surface area contributed by atoms with Crippen LogP contribution in [-0.4, -0.2) is 15.1 Å². The van der Waals surface area contributed by atoms with Crippen LogP contribution in [0.3, 0.4) is 0 Å². The molecule has 1 aromatic carbocycles. The summed E-state index contributed by atoms with van der Waals surface area (Å²) in [7, 11) is 0. The lowest BCUT2D eigenvalue weighted by Crippen LogP contribution is -2.35. The topological polar surface area (TPSA) is 29.9 Å². The minimum atomic E-state index is 0.0967. The van der Waals surface area contributed by atoms with Crippen molar-refractivity contribution in [2.75, 3.05) is 0 Å². The number of benzene rings is 1. The molecule has 0 saturated heterocycles. The molecule has 1 aromatic heterocycles. The van der Waals surface area contributed by atoms with Crippen molar-refractivity contribution < 1.29 is 0 Å². The van der Waals surface area contributed by atoms with Gasteiger partial charge in [-0.1, -0.05) is 15.9 Å². The highest BCUT2D eigenvalue weighted by molar-refractivity contribution is 9.10. The zero-order chi connectivity index (χ0) is 14.9. The summed E-state index contributed by atoms with van der Waals surface area (Å²) in [6.45, 7) is 11.5. The van der Waals surface area contributed by atoms with Gasteiger partial charge >= 0.3 is 0 Å². The summed E-state index contributed by atoms with van der Waals surface area (Å²) in [6, 6.07) is 6.38. The first-order chi connectivity index (χ1) is 9.28. The van der Waals surface area contributed by atoms with Gasteiger partial charge in [0.2, 0.25) is 0 Å². The molecule has 1 heterocycles. The number of nitrogens with zero attached hydrogens (tertiary/aromatic N) is 2. The zero-order valence-corrected chi connectivity index (χ0v) is 14.4. The predicted octanol–water partition coefficient (Wildman–Crippen LogP) is 4.14. The minimum absolute atomic E-state index is 0.0967. The first-order valence-electron chi connectivity index (χ1n) is 6.82. The van der Waals surface area contributed by atoms with Crippen molar-refractivity contribution in [2.45, 2.75) is 46.7 Å². The molecule has 3 nitrogen and oxygen atoms in total. The Kier molecular flexibility index (Phi) is 4.35. The van der Waals surface area contributed by atoms with Crippen LogP contribution in [-0.2, 0) is 6.54 Å². The Hall–Kier alpha value is -1.13. The molecule has 0 bridgehead atoms. The molecule has 0 radical (unpaired) electrons. The van der Waals surface area contributed by atoms with E-state index in [-0.39, 0.29) is 5.54 Å². The second kappa shape index (κ2) is 5.70. The van der Waals surface area contributed by atoms with Gasteiger partial charge in [0.15, 0.2) is 0 Å². The highest BCUT2D eigenvalue weighted by Gasteiger charge is 2.13. The number of imidazole rings is 1. The number of nitrogens with one attached hydrogen (secondary N) is 1. The summed E-state index contributed by atoms with van der Waals surface area (Å²) in [5.41, 5.74) is 4.80. The summed E-state index contributed by atoms with van der Waals surface area (Å²) < 4.78 is 3.25. The molecule has 0 atom stereocenters. The summed E-state index contributed by atoms with van der Waals surface area (Å²) in [5, 5.41) is 3.55. The van der Waals surface area contributed by atoms with Crippen molar-refractivity contribution in [3.8, 4) is 5.69 Å². The largest absolute Gasteiger partial charge is 0.308 e. The van der Waals surface area contributed by atoms with E-state index in [1.54, 1.807) is 0 Å². The maximum absolute atomic E-state index is 4.40. The van der Waals surface area contributed by atoms with Crippen LogP contribution in [0, 0.1) is 13.8 Å². The summed E-state index contributed by atoms with van der Waals surface area (Å²) in [6.07, 6.45) is 1.90. The first-order valence-corrected chi connectivity index (χ1v) is 7.61. The highest BCUT2D eigenvalue weighted by atomic mass is 79.9. The van der Waals surface area contributed by atoms with Gasteiger partial charge in [-0.15, -0.1) is 0 Å². The fourth-order valence-electron chi connectivity index (χ4n) is 2.03. The SMILES string of the molecule is Cc1ncn(-c2ccc(Br)cc2CNC(C)(C)C)c1C. The standard InChI is InChI=1S/C16H22BrN3/c1-11-12(2)20(10-18-11)15-7-6-14(17)8-13(15)9-19-16(3,4)5/h6-8,10,19H,9H2,1-5H3. The van der Waals surface area contributed by atoms with Crippen molar-refractivity contribution in [1.82, 2.24) is 14.9 Å². The minimum Gasteiger partial charge on any atom is -0.308 e. The Labute approximate surface area is 129 Å². The Morgan fingerprint density at radius 2 is 1.95 bits per heavy atom. The van der Waals surface area contributed by atoms with Gasteiger partial charge in [-0.2, -0.15) is 0 Å².